The van der Waals surface area contributed by atoms with Gasteiger partial charge in [-0.15, -0.1) is 0 Å². The average molecular weight is 278 g/mol. The molecule has 0 saturated carbocycles. The molecule has 1 aromatic rings. The van der Waals surface area contributed by atoms with Gasteiger partial charge in [-0.2, -0.15) is 0 Å². The van der Waals surface area contributed by atoms with Gasteiger partial charge >= 0.3 is 5.97 Å². The highest BCUT2D eigenvalue weighted by molar-refractivity contribution is 5.95. The molecule has 0 saturated heterocycles. The third kappa shape index (κ3) is 4.40. The van der Waals surface area contributed by atoms with E-state index < -0.39 is 5.97 Å². The maximum absolute atomic E-state index is 11.6. The van der Waals surface area contributed by atoms with Crippen LogP contribution in [0, 0.1) is 0 Å². The highest BCUT2D eigenvalue weighted by Crippen LogP contribution is 2.26. The van der Waals surface area contributed by atoms with E-state index in [4.69, 9.17) is 10.5 Å². The zero-order valence-electron chi connectivity index (χ0n) is 11.3. The number of nitrogens with one attached hydrogen (secondary N) is 1. The van der Waals surface area contributed by atoms with Crippen LogP contribution in [-0.4, -0.2) is 32.1 Å². The van der Waals surface area contributed by atoms with E-state index in [0.29, 0.717) is 17.0 Å². The van der Waals surface area contributed by atoms with Crippen molar-refractivity contribution in [1.29, 1.82) is 0 Å². The van der Waals surface area contributed by atoms with Crippen LogP contribution in [0.15, 0.2) is 30.9 Å². The topological polar surface area (TPSA) is 90.6 Å². The third-order valence-electron chi connectivity index (χ3n) is 2.40. The van der Waals surface area contributed by atoms with Gasteiger partial charge in [-0.1, -0.05) is 12.7 Å². The molecular weight excluding hydrogens is 260 g/mol. The molecule has 0 aromatic heterocycles. The smallest absolute Gasteiger partial charge is 0.337 e. The van der Waals surface area contributed by atoms with Gasteiger partial charge in [0.05, 0.1) is 18.4 Å². The van der Waals surface area contributed by atoms with E-state index in [-0.39, 0.29) is 25.5 Å². The number of carbonyl (C=O) groups excluding carboxylic acids is 2. The molecule has 0 radical (unpaired) electrons. The minimum absolute atomic E-state index is 0.208. The second-order valence-corrected chi connectivity index (χ2v) is 3.89. The van der Waals surface area contributed by atoms with Crippen LogP contribution < -0.4 is 15.8 Å². The van der Waals surface area contributed by atoms with Crippen LogP contribution in [0.1, 0.15) is 16.8 Å². The fourth-order valence-electron chi connectivity index (χ4n) is 1.48. The Morgan fingerprint density at radius 1 is 1.45 bits per heavy atom. The summed E-state index contributed by atoms with van der Waals surface area (Å²) in [6.45, 7) is 4.06. The zero-order valence-corrected chi connectivity index (χ0v) is 11.3. The minimum atomic E-state index is -0.478. The van der Waals surface area contributed by atoms with Crippen molar-refractivity contribution in [2.75, 3.05) is 25.6 Å². The van der Waals surface area contributed by atoms with Gasteiger partial charge in [0, 0.05) is 13.0 Å². The van der Waals surface area contributed by atoms with Crippen LogP contribution in [-0.2, 0) is 9.53 Å². The first-order chi connectivity index (χ1) is 9.62. The van der Waals surface area contributed by atoms with Gasteiger partial charge < -0.3 is 20.5 Å². The number of ether oxygens (including phenoxy) is 2. The molecule has 0 bridgehead atoms. The van der Waals surface area contributed by atoms with Gasteiger partial charge in [0.2, 0.25) is 5.91 Å². The van der Waals surface area contributed by atoms with Gasteiger partial charge in [0.25, 0.3) is 0 Å². The number of methoxy groups -OCH3 is 1. The number of hydrogen-bond acceptors (Lipinski definition) is 5. The molecule has 0 aliphatic rings. The molecule has 0 fully saturated rings. The fourth-order valence-corrected chi connectivity index (χ4v) is 1.48. The highest BCUT2D eigenvalue weighted by Gasteiger charge is 2.12. The van der Waals surface area contributed by atoms with Gasteiger partial charge in [0.15, 0.2) is 0 Å². The highest BCUT2D eigenvalue weighted by atomic mass is 16.5. The Bertz CT molecular complexity index is 500. The summed E-state index contributed by atoms with van der Waals surface area (Å²) in [5.41, 5.74) is 6.12. The van der Waals surface area contributed by atoms with Crippen molar-refractivity contribution < 1.29 is 19.1 Å². The molecule has 3 N–H and O–H groups in total. The number of carbonyl (C=O) groups is 2. The molecule has 1 amide bonds. The predicted octanol–water partition coefficient (Wildman–Crippen LogP) is 1.33. The number of hydrogen-bond donors (Lipinski definition) is 2. The molecule has 1 rings (SSSR count). The Kier molecular flexibility index (Phi) is 6.25. The lowest BCUT2D eigenvalue weighted by molar-refractivity contribution is -0.116. The predicted molar refractivity (Wildman–Crippen MR) is 75.8 cm³/mol. The number of anilines is 1. The van der Waals surface area contributed by atoms with Crippen molar-refractivity contribution in [3.05, 3.63) is 36.4 Å². The van der Waals surface area contributed by atoms with Crippen molar-refractivity contribution in [1.82, 2.24) is 0 Å². The van der Waals surface area contributed by atoms with Crippen molar-refractivity contribution >= 4 is 17.6 Å². The zero-order chi connectivity index (χ0) is 15.0. The summed E-state index contributed by atoms with van der Waals surface area (Å²) in [4.78, 5) is 23.0. The van der Waals surface area contributed by atoms with Gasteiger partial charge in [-0.05, 0) is 18.2 Å². The standard InChI is InChI=1S/C14H18N2O4/c1-3-8-20-12-9-10(14(18)19-2)4-5-11(12)16-13(17)6-7-15/h3-5,9H,1,6-8,15H2,2H3,(H,16,17). The number of rotatable bonds is 7. The second-order valence-electron chi connectivity index (χ2n) is 3.89. The van der Waals surface area contributed by atoms with E-state index >= 15 is 0 Å². The molecule has 108 valence electrons. The molecule has 0 aliphatic heterocycles. The summed E-state index contributed by atoms with van der Waals surface area (Å²) in [6, 6.07) is 4.64. The van der Waals surface area contributed by atoms with E-state index in [0.717, 1.165) is 0 Å². The lowest BCUT2D eigenvalue weighted by Crippen LogP contribution is -2.17. The Morgan fingerprint density at radius 3 is 2.80 bits per heavy atom. The SMILES string of the molecule is C=CCOc1cc(C(=O)OC)ccc1NC(=O)CCN. The largest absolute Gasteiger partial charge is 0.487 e. The molecule has 0 atom stereocenters. The quantitative estimate of drug-likeness (QED) is 0.580. The third-order valence-corrected chi connectivity index (χ3v) is 2.40. The molecule has 0 spiro atoms. The summed E-state index contributed by atoms with van der Waals surface area (Å²) in [5, 5.41) is 2.67. The number of amides is 1. The van der Waals surface area contributed by atoms with Crippen LogP contribution in [0.3, 0.4) is 0 Å². The maximum Gasteiger partial charge on any atom is 0.337 e. The number of nitrogens with two attached hydrogens (primary N) is 1. The summed E-state index contributed by atoms with van der Waals surface area (Å²) in [7, 11) is 1.30. The first-order valence-corrected chi connectivity index (χ1v) is 6.08. The van der Waals surface area contributed by atoms with Crippen molar-refractivity contribution in [3.8, 4) is 5.75 Å². The lowest BCUT2D eigenvalue weighted by Gasteiger charge is -2.12. The Labute approximate surface area is 117 Å². The Morgan fingerprint density at radius 2 is 2.20 bits per heavy atom. The Balaban J connectivity index is 2.99. The Hall–Kier alpha value is -2.34. The van der Waals surface area contributed by atoms with E-state index in [1.54, 1.807) is 18.2 Å². The van der Waals surface area contributed by atoms with Crippen molar-refractivity contribution in [3.63, 3.8) is 0 Å². The molecule has 1 aromatic carbocycles. The van der Waals surface area contributed by atoms with E-state index in [2.05, 4.69) is 16.6 Å². The lowest BCUT2D eigenvalue weighted by atomic mass is 10.2. The summed E-state index contributed by atoms with van der Waals surface area (Å²) in [6.07, 6.45) is 1.77. The fraction of sp³-hybridized carbons (Fsp3) is 0.286. The number of esters is 1. The van der Waals surface area contributed by atoms with Crippen LogP contribution in [0.25, 0.3) is 0 Å². The maximum atomic E-state index is 11.6. The summed E-state index contributed by atoms with van der Waals surface area (Å²) in [5.74, 6) is -0.326. The molecule has 0 aliphatic carbocycles. The monoisotopic (exact) mass is 278 g/mol. The number of benzene rings is 1. The van der Waals surface area contributed by atoms with E-state index in [9.17, 15) is 9.59 Å². The molecule has 20 heavy (non-hydrogen) atoms. The summed E-state index contributed by atoms with van der Waals surface area (Å²) >= 11 is 0. The molecule has 6 heteroatoms. The average Bonchev–Trinajstić information content (AvgIpc) is 2.45. The molecular formula is C14H18N2O4. The van der Waals surface area contributed by atoms with Gasteiger partial charge in [-0.25, -0.2) is 4.79 Å². The first kappa shape index (κ1) is 15.7. The van der Waals surface area contributed by atoms with Gasteiger partial charge in [0.1, 0.15) is 12.4 Å². The molecule has 0 unspecified atom stereocenters. The van der Waals surface area contributed by atoms with Crippen LogP contribution in [0.4, 0.5) is 5.69 Å². The minimum Gasteiger partial charge on any atom is -0.487 e. The molecule has 6 nitrogen and oxygen atoms in total. The van der Waals surface area contributed by atoms with Crippen molar-refractivity contribution in [2.24, 2.45) is 5.73 Å². The molecule has 0 heterocycles. The first-order valence-electron chi connectivity index (χ1n) is 6.08. The van der Waals surface area contributed by atoms with Crippen LogP contribution >= 0.6 is 0 Å². The summed E-state index contributed by atoms with van der Waals surface area (Å²) < 4.78 is 10.1. The normalized spacial score (nSPS) is 9.70. The van der Waals surface area contributed by atoms with Crippen LogP contribution in [0.2, 0.25) is 0 Å². The van der Waals surface area contributed by atoms with Crippen LogP contribution in [0.5, 0.6) is 5.75 Å². The van der Waals surface area contributed by atoms with Crippen molar-refractivity contribution in [2.45, 2.75) is 6.42 Å². The second kappa shape index (κ2) is 7.96. The van der Waals surface area contributed by atoms with E-state index in [1.807, 2.05) is 0 Å². The van der Waals surface area contributed by atoms with E-state index in [1.165, 1.54) is 13.2 Å². The van der Waals surface area contributed by atoms with Gasteiger partial charge in [-0.3, -0.25) is 4.79 Å².